The van der Waals surface area contributed by atoms with Crippen molar-refractivity contribution in [2.24, 2.45) is 22.9 Å². The predicted octanol–water partition coefficient (Wildman–Crippen LogP) is 9.19. The van der Waals surface area contributed by atoms with Crippen molar-refractivity contribution >= 4 is 11.8 Å². The molecule has 6 unspecified atom stereocenters. The van der Waals surface area contributed by atoms with E-state index in [9.17, 15) is 25.2 Å². The molecule has 4 N–H and O–H groups in total. The summed E-state index contributed by atoms with van der Waals surface area (Å²) < 4.78 is 26.0. The molecule has 1 saturated carbocycles. The zero-order chi connectivity index (χ0) is 43.4. The third-order valence-electron chi connectivity index (χ3n) is 12.1. The zero-order valence-electron chi connectivity index (χ0n) is 37.3. The number of phenols is 1. The van der Waals surface area contributed by atoms with Gasteiger partial charge in [0.05, 0.1) is 44.7 Å². The summed E-state index contributed by atoms with van der Waals surface area (Å²) in [5, 5.41) is 45.1. The van der Waals surface area contributed by atoms with Gasteiger partial charge in [-0.15, -0.1) is 6.58 Å². The van der Waals surface area contributed by atoms with Crippen LogP contribution in [0.2, 0.25) is 0 Å². The van der Waals surface area contributed by atoms with E-state index in [4.69, 9.17) is 28.9 Å². The van der Waals surface area contributed by atoms with Crippen LogP contribution in [-0.4, -0.2) is 107 Å². The minimum atomic E-state index is -1.45. The molecule has 3 aliphatic rings. The van der Waals surface area contributed by atoms with E-state index in [0.717, 1.165) is 56.1 Å². The van der Waals surface area contributed by atoms with Crippen LogP contribution in [0.4, 0.5) is 4.79 Å². The number of carbonyl (C=O) groups excluding carboxylic acids is 1. The fraction of sp³-hybridized carbons (Fsp3) is 0.750. The second kappa shape index (κ2) is 25.7. The average molecular weight is 843 g/mol. The first-order valence-corrected chi connectivity index (χ1v) is 23.1. The molecule has 0 bridgehead atoms. The summed E-state index contributed by atoms with van der Waals surface area (Å²) in [6, 6.07) is 4.42. The molecule has 1 fully saturated rings. The van der Waals surface area contributed by atoms with Crippen molar-refractivity contribution in [1.82, 2.24) is 4.90 Å². The molecule has 0 saturated heterocycles. The molecule has 2 aliphatic carbocycles. The number of aliphatic hydroxyl groups is 3. The molecule has 12 heteroatoms. The van der Waals surface area contributed by atoms with Crippen LogP contribution in [0.5, 0.6) is 11.5 Å². The van der Waals surface area contributed by atoms with Gasteiger partial charge in [0.25, 0.3) is 0 Å². The van der Waals surface area contributed by atoms with E-state index >= 15 is 0 Å². The average Bonchev–Trinajstić information content (AvgIpc) is 3.22. The van der Waals surface area contributed by atoms with Crippen molar-refractivity contribution in [3.05, 3.63) is 48.1 Å². The Balaban J connectivity index is 1.80. The number of amides is 1. The van der Waals surface area contributed by atoms with Gasteiger partial charge >= 0.3 is 6.09 Å². The molecule has 1 aliphatic heterocycles. The molecule has 1 amide bonds. The molecule has 1 heterocycles. The van der Waals surface area contributed by atoms with Gasteiger partial charge in [0, 0.05) is 37.7 Å². The number of aromatic hydroxyl groups is 1. The lowest BCUT2D eigenvalue weighted by Crippen LogP contribution is -2.70. The maximum absolute atomic E-state index is 14.6. The first-order chi connectivity index (χ1) is 29.0. The molecule has 0 aromatic heterocycles. The van der Waals surface area contributed by atoms with Gasteiger partial charge < -0.3 is 44.2 Å². The van der Waals surface area contributed by atoms with Gasteiger partial charge in [-0.1, -0.05) is 94.9 Å². The Hall–Kier alpha value is -3.16. The SMILES string of the molecule is C=CCOC12Oc3ccc(O)cc3C3C(CCCCO)C(CCCCO)C=C(C(=NOC(C)(C)C)CC1N(CCOCCO)C(=O)OCCCCCCCCCCCC)C32. The van der Waals surface area contributed by atoms with E-state index in [2.05, 4.69) is 19.6 Å². The highest BCUT2D eigenvalue weighted by Gasteiger charge is 2.65. The zero-order valence-corrected chi connectivity index (χ0v) is 37.3. The first-order valence-electron chi connectivity index (χ1n) is 23.1. The predicted molar refractivity (Wildman–Crippen MR) is 235 cm³/mol. The number of fused-ring (bicyclic) bond motifs is 2. The fourth-order valence-corrected chi connectivity index (χ4v) is 9.39. The minimum Gasteiger partial charge on any atom is -0.508 e. The van der Waals surface area contributed by atoms with Crippen molar-refractivity contribution in [1.29, 1.82) is 0 Å². The number of aliphatic hydroxyl groups excluding tert-OH is 3. The molecular weight excluding hydrogens is 765 g/mol. The highest BCUT2D eigenvalue weighted by Crippen LogP contribution is 2.62. The van der Waals surface area contributed by atoms with Gasteiger partial charge in [-0.2, -0.15) is 0 Å². The number of carbonyl (C=O) groups is 1. The molecule has 0 radical (unpaired) electrons. The lowest BCUT2D eigenvalue weighted by Gasteiger charge is -2.59. The topological polar surface area (TPSA) is 160 Å². The summed E-state index contributed by atoms with van der Waals surface area (Å²) in [4.78, 5) is 22.4. The molecule has 0 spiro atoms. The Labute approximate surface area is 360 Å². The van der Waals surface area contributed by atoms with Crippen molar-refractivity contribution in [2.45, 2.75) is 160 Å². The van der Waals surface area contributed by atoms with Crippen LogP contribution < -0.4 is 4.74 Å². The molecule has 1 aromatic carbocycles. The van der Waals surface area contributed by atoms with E-state index in [1.807, 2.05) is 20.8 Å². The first kappa shape index (κ1) is 49.5. The highest BCUT2D eigenvalue weighted by atomic mass is 16.7. The van der Waals surface area contributed by atoms with Crippen molar-refractivity contribution in [3.8, 4) is 11.5 Å². The lowest BCUT2D eigenvalue weighted by atomic mass is 9.55. The molecule has 340 valence electrons. The van der Waals surface area contributed by atoms with Crippen LogP contribution in [0.25, 0.3) is 0 Å². The third-order valence-corrected chi connectivity index (χ3v) is 12.1. The molecular formula is C48H78N2O10. The number of hydrogen-bond acceptors (Lipinski definition) is 11. The van der Waals surface area contributed by atoms with Crippen LogP contribution in [0.15, 0.2) is 47.7 Å². The molecule has 60 heavy (non-hydrogen) atoms. The summed E-state index contributed by atoms with van der Waals surface area (Å²) >= 11 is 0. The van der Waals surface area contributed by atoms with E-state index < -0.39 is 29.4 Å². The number of hydrogen-bond donors (Lipinski definition) is 4. The van der Waals surface area contributed by atoms with E-state index in [-0.39, 0.29) is 82.7 Å². The number of oxime groups is 1. The standard InChI is InChI=1S/C48H78N2O10/c1-6-8-9-10-11-12-13-14-15-20-30-57-46(55)50(25-31-56-32-28-53)43-35-41(49-60-47(3,4)5)39-33-36(21-16-18-26-51)38(22-17-19-27-52)44-40-34-37(54)23-24-42(40)59-48(43,45(39)44)58-29-7-2/h7,23-24,33-34,36,38,43-45,51-54H,2,6,8-22,25-32,35H2,1,3-5H3. The van der Waals surface area contributed by atoms with Crippen molar-refractivity contribution in [3.63, 3.8) is 0 Å². The molecule has 12 nitrogen and oxygen atoms in total. The number of ether oxygens (including phenoxy) is 4. The number of unbranched alkanes of at least 4 members (excludes halogenated alkanes) is 11. The Morgan fingerprint density at radius 2 is 1.60 bits per heavy atom. The van der Waals surface area contributed by atoms with Crippen LogP contribution in [0.3, 0.4) is 0 Å². The van der Waals surface area contributed by atoms with Gasteiger partial charge in [0.15, 0.2) is 0 Å². The number of phenolic OH excluding ortho intramolecular Hbond substituents is 1. The summed E-state index contributed by atoms with van der Waals surface area (Å²) in [5.74, 6) is -1.41. The lowest BCUT2D eigenvalue weighted by molar-refractivity contribution is -0.256. The number of rotatable bonds is 29. The minimum absolute atomic E-state index is 0.0355. The van der Waals surface area contributed by atoms with E-state index in [0.29, 0.717) is 24.3 Å². The molecule has 1 aromatic rings. The van der Waals surface area contributed by atoms with Crippen molar-refractivity contribution < 1.29 is 49.0 Å². The second-order valence-electron chi connectivity index (χ2n) is 17.8. The second-order valence-corrected chi connectivity index (χ2v) is 17.8. The Morgan fingerprint density at radius 3 is 2.25 bits per heavy atom. The summed E-state index contributed by atoms with van der Waals surface area (Å²) in [6.45, 7) is 12.9. The Bertz CT molecular complexity index is 1490. The molecule has 4 rings (SSSR count). The molecule has 6 atom stereocenters. The number of allylic oxidation sites excluding steroid dienone is 1. The van der Waals surface area contributed by atoms with Crippen molar-refractivity contribution in [2.75, 3.05) is 52.8 Å². The summed E-state index contributed by atoms with van der Waals surface area (Å²) in [5.41, 5.74) is 1.84. The quantitative estimate of drug-likeness (QED) is 0.0348. The summed E-state index contributed by atoms with van der Waals surface area (Å²) in [7, 11) is 0. The smallest absolute Gasteiger partial charge is 0.410 e. The Morgan fingerprint density at radius 1 is 0.917 bits per heavy atom. The maximum atomic E-state index is 14.6. The normalized spacial score (nSPS) is 23.9. The van der Waals surface area contributed by atoms with E-state index in [1.54, 1.807) is 29.2 Å². The van der Waals surface area contributed by atoms with Crippen LogP contribution in [0.1, 0.15) is 148 Å². The fourth-order valence-electron chi connectivity index (χ4n) is 9.39. The van der Waals surface area contributed by atoms with Gasteiger partial charge in [-0.05, 0) is 88.5 Å². The van der Waals surface area contributed by atoms with Gasteiger partial charge in [0.1, 0.15) is 23.1 Å². The van der Waals surface area contributed by atoms with Crippen LogP contribution in [-0.2, 0) is 19.0 Å². The highest BCUT2D eigenvalue weighted by molar-refractivity contribution is 6.03. The van der Waals surface area contributed by atoms with Gasteiger partial charge in [-0.25, -0.2) is 4.79 Å². The number of nitrogens with zero attached hydrogens (tertiary/aromatic N) is 2. The third kappa shape index (κ3) is 13.9. The monoisotopic (exact) mass is 843 g/mol. The van der Waals surface area contributed by atoms with E-state index in [1.165, 1.54) is 44.9 Å². The Kier molecular flexibility index (Phi) is 21.2. The van der Waals surface area contributed by atoms with Crippen LogP contribution >= 0.6 is 0 Å². The summed E-state index contributed by atoms with van der Waals surface area (Å²) in [6.07, 6.45) is 19.9. The van der Waals surface area contributed by atoms with Gasteiger partial charge in [0.2, 0.25) is 5.79 Å². The maximum Gasteiger partial charge on any atom is 0.410 e. The van der Waals surface area contributed by atoms with Gasteiger partial charge in [-0.3, -0.25) is 4.90 Å². The van der Waals surface area contributed by atoms with Crippen LogP contribution in [0, 0.1) is 17.8 Å². The number of benzene rings is 1. The largest absolute Gasteiger partial charge is 0.508 e.